The highest BCUT2D eigenvalue weighted by atomic mass is 35.5. The van der Waals surface area contributed by atoms with Crippen LogP contribution in [0.2, 0.25) is 10.0 Å². The van der Waals surface area contributed by atoms with Gasteiger partial charge in [0.25, 0.3) is 0 Å². The Hall–Kier alpha value is -0.480. The largest absolute Gasteiger partial charge is 0.335 e. The quantitative estimate of drug-likeness (QED) is 0.858. The van der Waals surface area contributed by atoms with Crippen molar-refractivity contribution in [3.63, 3.8) is 0 Å². The first-order valence-electron chi connectivity index (χ1n) is 7.63. The second-order valence-electron chi connectivity index (χ2n) is 5.89. The van der Waals surface area contributed by atoms with E-state index in [1.807, 2.05) is 18.2 Å². The van der Waals surface area contributed by atoms with E-state index in [1.54, 1.807) is 0 Å². The van der Waals surface area contributed by atoms with E-state index in [2.05, 4.69) is 10.2 Å². The van der Waals surface area contributed by atoms with E-state index in [-0.39, 0.29) is 24.4 Å². The first-order chi connectivity index (χ1) is 10.2. The van der Waals surface area contributed by atoms with Gasteiger partial charge in [0.2, 0.25) is 5.91 Å². The maximum absolute atomic E-state index is 12.8. The third-order valence-electron chi connectivity index (χ3n) is 4.55. The third-order valence-corrected chi connectivity index (χ3v) is 5.29. The van der Waals surface area contributed by atoms with Gasteiger partial charge in [-0.05, 0) is 56.5 Å². The van der Waals surface area contributed by atoms with E-state index in [0.717, 1.165) is 50.9 Å². The average Bonchev–Trinajstić information content (AvgIpc) is 2.99. The van der Waals surface area contributed by atoms with Crippen LogP contribution < -0.4 is 5.32 Å². The summed E-state index contributed by atoms with van der Waals surface area (Å²) in [5, 5.41) is 4.44. The summed E-state index contributed by atoms with van der Waals surface area (Å²) in [6, 6.07) is 5.88. The van der Waals surface area contributed by atoms with Gasteiger partial charge in [0.1, 0.15) is 0 Å². The van der Waals surface area contributed by atoms with Crippen LogP contribution in [0.25, 0.3) is 0 Å². The van der Waals surface area contributed by atoms with Crippen LogP contribution >= 0.6 is 35.6 Å². The number of rotatable bonds is 2. The Balaban J connectivity index is 0.00000176. The first kappa shape index (κ1) is 17.9. The van der Waals surface area contributed by atoms with E-state index in [9.17, 15) is 4.79 Å². The zero-order chi connectivity index (χ0) is 14.8. The molecule has 0 spiro atoms. The average molecular weight is 364 g/mol. The number of likely N-dealkylation sites (tertiary alicyclic amines) is 1. The van der Waals surface area contributed by atoms with Gasteiger partial charge in [-0.15, -0.1) is 12.4 Å². The lowest BCUT2D eigenvalue weighted by Gasteiger charge is -2.31. The highest BCUT2D eigenvalue weighted by molar-refractivity contribution is 6.42. The first-order valence-corrected chi connectivity index (χ1v) is 8.38. The molecule has 1 unspecified atom stereocenters. The molecule has 0 saturated carbocycles. The van der Waals surface area contributed by atoms with Crippen LogP contribution in [-0.2, 0) is 4.79 Å². The van der Waals surface area contributed by atoms with Crippen molar-refractivity contribution >= 4 is 41.5 Å². The number of carbonyl (C=O) groups excluding carboxylic acids is 1. The predicted octanol–water partition coefficient (Wildman–Crippen LogP) is 4.08. The molecule has 2 aliphatic heterocycles. The molecule has 0 aromatic heterocycles. The summed E-state index contributed by atoms with van der Waals surface area (Å²) >= 11 is 12.1. The van der Waals surface area contributed by atoms with E-state index in [0.29, 0.717) is 16.0 Å². The van der Waals surface area contributed by atoms with E-state index >= 15 is 0 Å². The van der Waals surface area contributed by atoms with Gasteiger partial charge >= 0.3 is 0 Å². The van der Waals surface area contributed by atoms with E-state index in [4.69, 9.17) is 23.2 Å². The summed E-state index contributed by atoms with van der Waals surface area (Å²) in [7, 11) is 0. The number of amides is 1. The van der Waals surface area contributed by atoms with Gasteiger partial charge in [0.05, 0.1) is 16.1 Å². The third kappa shape index (κ3) is 3.70. The standard InChI is InChI=1S/C16H20Cl2N2O.ClH/c17-13-4-3-12(10-14(13)18)15-2-1-9-20(15)16(21)11-5-7-19-8-6-11;/h3-4,10-11,15,19H,1-2,5-9H2;1H. The van der Waals surface area contributed by atoms with Gasteiger partial charge in [0.15, 0.2) is 0 Å². The maximum Gasteiger partial charge on any atom is 0.226 e. The van der Waals surface area contributed by atoms with E-state index < -0.39 is 0 Å². The Bertz CT molecular complexity index is 532. The Kier molecular flexibility index (Phi) is 6.39. The molecule has 1 amide bonds. The summed E-state index contributed by atoms with van der Waals surface area (Å²) < 4.78 is 0. The van der Waals surface area contributed by atoms with Crippen molar-refractivity contribution in [2.45, 2.75) is 31.7 Å². The monoisotopic (exact) mass is 362 g/mol. The van der Waals surface area contributed by atoms with Gasteiger partial charge in [-0.2, -0.15) is 0 Å². The smallest absolute Gasteiger partial charge is 0.226 e. The van der Waals surface area contributed by atoms with Crippen molar-refractivity contribution in [1.29, 1.82) is 0 Å². The fourth-order valence-electron chi connectivity index (χ4n) is 3.40. The summed E-state index contributed by atoms with van der Waals surface area (Å²) in [6.07, 6.45) is 3.96. The van der Waals surface area contributed by atoms with Gasteiger partial charge in [-0.1, -0.05) is 29.3 Å². The maximum atomic E-state index is 12.8. The van der Waals surface area contributed by atoms with Crippen LogP contribution in [0, 0.1) is 5.92 Å². The Morgan fingerprint density at radius 3 is 2.55 bits per heavy atom. The van der Waals surface area contributed by atoms with Crippen LogP contribution in [-0.4, -0.2) is 30.4 Å². The van der Waals surface area contributed by atoms with Crippen LogP contribution in [0.15, 0.2) is 18.2 Å². The van der Waals surface area contributed by atoms with Crippen molar-refractivity contribution < 1.29 is 4.79 Å². The molecule has 6 heteroatoms. The summed E-state index contributed by atoms with van der Waals surface area (Å²) in [5.74, 6) is 0.486. The number of benzene rings is 1. The van der Waals surface area contributed by atoms with Crippen molar-refractivity contribution in [2.24, 2.45) is 5.92 Å². The molecule has 3 nitrogen and oxygen atoms in total. The molecule has 0 bridgehead atoms. The second kappa shape index (κ2) is 7.87. The molecular formula is C16H21Cl3N2O. The topological polar surface area (TPSA) is 32.3 Å². The van der Waals surface area contributed by atoms with Crippen molar-refractivity contribution in [3.8, 4) is 0 Å². The highest BCUT2D eigenvalue weighted by Gasteiger charge is 2.34. The number of hydrogen-bond donors (Lipinski definition) is 1. The fourth-order valence-corrected chi connectivity index (χ4v) is 3.71. The molecule has 1 atom stereocenters. The molecule has 2 saturated heterocycles. The summed E-state index contributed by atoms with van der Waals surface area (Å²) in [6.45, 7) is 2.75. The molecule has 1 aromatic rings. The minimum absolute atomic E-state index is 0. The van der Waals surface area contributed by atoms with Gasteiger partial charge < -0.3 is 10.2 Å². The molecule has 2 aliphatic rings. The lowest BCUT2D eigenvalue weighted by molar-refractivity contribution is -0.137. The molecule has 22 heavy (non-hydrogen) atoms. The van der Waals surface area contributed by atoms with Gasteiger partial charge in [-0.3, -0.25) is 4.79 Å². The highest BCUT2D eigenvalue weighted by Crippen LogP contribution is 2.36. The molecule has 1 N–H and O–H groups in total. The molecular weight excluding hydrogens is 343 g/mol. The predicted molar refractivity (Wildman–Crippen MR) is 93.0 cm³/mol. The number of nitrogens with zero attached hydrogens (tertiary/aromatic N) is 1. The second-order valence-corrected chi connectivity index (χ2v) is 6.70. The molecule has 2 heterocycles. The van der Waals surface area contributed by atoms with Crippen LogP contribution in [0.1, 0.15) is 37.3 Å². The fraction of sp³-hybridized carbons (Fsp3) is 0.562. The zero-order valence-corrected chi connectivity index (χ0v) is 14.7. The molecule has 2 fully saturated rings. The summed E-state index contributed by atoms with van der Waals surface area (Å²) in [5.41, 5.74) is 1.10. The van der Waals surface area contributed by atoms with Gasteiger partial charge in [-0.25, -0.2) is 0 Å². The number of piperidine rings is 1. The molecule has 1 aromatic carbocycles. The van der Waals surface area contributed by atoms with Crippen molar-refractivity contribution in [1.82, 2.24) is 10.2 Å². The Morgan fingerprint density at radius 2 is 1.86 bits per heavy atom. The Morgan fingerprint density at radius 1 is 1.14 bits per heavy atom. The molecule has 3 rings (SSSR count). The number of nitrogens with one attached hydrogen (secondary N) is 1. The minimum atomic E-state index is 0. The van der Waals surface area contributed by atoms with Crippen molar-refractivity contribution in [2.75, 3.05) is 19.6 Å². The number of halogens is 3. The minimum Gasteiger partial charge on any atom is -0.335 e. The number of carbonyl (C=O) groups is 1. The normalized spacial score (nSPS) is 22.5. The SMILES string of the molecule is Cl.O=C(C1CCNCC1)N1CCCC1c1ccc(Cl)c(Cl)c1. The van der Waals surface area contributed by atoms with Gasteiger partial charge in [0, 0.05) is 12.5 Å². The lowest BCUT2D eigenvalue weighted by atomic mass is 9.95. The Labute approximate surface area is 147 Å². The molecule has 0 radical (unpaired) electrons. The zero-order valence-electron chi connectivity index (χ0n) is 12.4. The summed E-state index contributed by atoms with van der Waals surface area (Å²) in [4.78, 5) is 14.8. The molecule has 122 valence electrons. The van der Waals surface area contributed by atoms with Crippen LogP contribution in [0.5, 0.6) is 0 Å². The lowest BCUT2D eigenvalue weighted by Crippen LogP contribution is -2.40. The van der Waals surface area contributed by atoms with E-state index in [1.165, 1.54) is 0 Å². The molecule has 0 aliphatic carbocycles. The van der Waals surface area contributed by atoms with Crippen molar-refractivity contribution in [3.05, 3.63) is 33.8 Å². The number of hydrogen-bond acceptors (Lipinski definition) is 2. The van der Waals surface area contributed by atoms with Crippen LogP contribution in [0.3, 0.4) is 0 Å². The van der Waals surface area contributed by atoms with Crippen LogP contribution in [0.4, 0.5) is 0 Å².